The number of rotatable bonds is 4. The number of thioether (sulfide) groups is 1. The molecule has 9 atom stereocenters. The van der Waals surface area contributed by atoms with Gasteiger partial charge in [-0.3, -0.25) is 14.4 Å². The number of hydrogen-bond donors (Lipinski definition) is 1. The summed E-state index contributed by atoms with van der Waals surface area (Å²) >= 11 is 0.479. The van der Waals surface area contributed by atoms with Crippen molar-refractivity contribution in [3.05, 3.63) is 23.8 Å². The number of alkyl halides is 3. The topological polar surface area (TPSA) is 71.4 Å². The van der Waals surface area contributed by atoms with E-state index in [4.69, 9.17) is 0 Å². The van der Waals surface area contributed by atoms with Gasteiger partial charge in [0, 0.05) is 16.7 Å². The molecule has 0 unspecified atom stereocenters. The van der Waals surface area contributed by atoms with Crippen LogP contribution < -0.4 is 0 Å². The lowest BCUT2D eigenvalue weighted by Gasteiger charge is -2.64. The van der Waals surface area contributed by atoms with E-state index in [1.54, 1.807) is 13.8 Å². The molecule has 0 aliphatic heterocycles. The van der Waals surface area contributed by atoms with Gasteiger partial charge in [0.15, 0.2) is 17.2 Å². The van der Waals surface area contributed by atoms with Crippen LogP contribution in [0.1, 0.15) is 66.2 Å². The van der Waals surface area contributed by atoms with Crippen LogP contribution in [-0.2, 0) is 14.4 Å². The molecule has 5 rings (SSSR count). The minimum atomic E-state index is -2.28. The van der Waals surface area contributed by atoms with Crippen LogP contribution in [0, 0.1) is 39.4 Å². The number of Topliss-reactive ketones (excluding diaryl/α,β-unsaturated/α-hetero) is 1. The molecule has 0 aromatic carbocycles. The van der Waals surface area contributed by atoms with Crippen molar-refractivity contribution in [2.24, 2.45) is 39.4 Å². The van der Waals surface area contributed by atoms with Gasteiger partial charge in [0.25, 0.3) is 0 Å². The number of halogens is 3. The second kappa shape index (κ2) is 8.05. The zero-order valence-corrected chi connectivity index (χ0v) is 22.1. The first-order valence-electron chi connectivity index (χ1n) is 13.0. The first kappa shape index (κ1) is 26.2. The second-order valence-electron chi connectivity index (χ2n) is 12.6. The van der Waals surface area contributed by atoms with Gasteiger partial charge in [-0.05, 0) is 74.0 Å². The van der Waals surface area contributed by atoms with Crippen molar-refractivity contribution in [2.45, 2.75) is 84.2 Å². The Morgan fingerprint density at radius 2 is 1.83 bits per heavy atom. The van der Waals surface area contributed by atoms with Crippen LogP contribution in [0.15, 0.2) is 23.8 Å². The van der Waals surface area contributed by atoms with Crippen molar-refractivity contribution in [3.8, 4) is 0 Å². The Morgan fingerprint density at radius 3 is 2.42 bits per heavy atom. The Labute approximate surface area is 214 Å². The maximum atomic E-state index is 17.4. The Bertz CT molecular complexity index is 1080. The minimum absolute atomic E-state index is 0.0378. The maximum Gasteiger partial charge on any atom is 0.205 e. The van der Waals surface area contributed by atoms with E-state index in [9.17, 15) is 23.9 Å². The minimum Gasteiger partial charge on any atom is -0.390 e. The van der Waals surface area contributed by atoms with Crippen molar-refractivity contribution in [1.29, 1.82) is 0 Å². The molecule has 4 saturated carbocycles. The van der Waals surface area contributed by atoms with Crippen LogP contribution >= 0.6 is 11.8 Å². The van der Waals surface area contributed by atoms with Crippen molar-refractivity contribution < 1.29 is 32.7 Å². The SMILES string of the molecule is C[C@@H]1C[C@H]2[C@@H]3C[C@H](F)C4=CC(=O)C=C[C@]4(C)[C@@]3(F)[C@@H](O)C[C@]2(C)[C@]1(C(=O)SCF)C(=O)C1(C)CCC1. The van der Waals surface area contributed by atoms with Crippen LogP contribution in [0.2, 0.25) is 0 Å². The smallest absolute Gasteiger partial charge is 0.205 e. The number of carbonyl (C=O) groups excluding carboxylic acids is 3. The van der Waals surface area contributed by atoms with Crippen molar-refractivity contribution in [3.63, 3.8) is 0 Å². The summed E-state index contributed by atoms with van der Waals surface area (Å²) in [6, 6.07) is -0.978. The highest BCUT2D eigenvalue weighted by molar-refractivity contribution is 8.13. The van der Waals surface area contributed by atoms with Crippen molar-refractivity contribution in [2.75, 3.05) is 6.01 Å². The van der Waals surface area contributed by atoms with E-state index in [0.717, 1.165) is 12.5 Å². The molecule has 0 spiro atoms. The maximum absolute atomic E-state index is 17.4. The summed E-state index contributed by atoms with van der Waals surface area (Å²) in [4.78, 5) is 40.2. The highest BCUT2D eigenvalue weighted by Gasteiger charge is 2.79. The number of fused-ring (bicyclic) bond motifs is 5. The number of aliphatic hydroxyl groups is 1. The van der Waals surface area contributed by atoms with Gasteiger partial charge in [0.05, 0.1) is 6.10 Å². The lowest BCUT2D eigenvalue weighted by Crippen LogP contribution is -2.70. The average Bonchev–Trinajstić information content (AvgIpc) is 3.02. The van der Waals surface area contributed by atoms with Crippen molar-refractivity contribution >= 4 is 28.4 Å². The van der Waals surface area contributed by atoms with Gasteiger partial charge in [-0.25, -0.2) is 13.2 Å². The van der Waals surface area contributed by atoms with E-state index in [1.165, 1.54) is 19.1 Å². The highest BCUT2D eigenvalue weighted by Crippen LogP contribution is 2.75. The monoisotopic (exact) mass is 524 g/mol. The van der Waals surface area contributed by atoms with Gasteiger partial charge in [-0.1, -0.05) is 45.0 Å². The predicted octanol–water partition coefficient (Wildman–Crippen LogP) is 5.48. The molecule has 0 radical (unpaired) electrons. The molecule has 36 heavy (non-hydrogen) atoms. The van der Waals surface area contributed by atoms with Gasteiger partial charge >= 0.3 is 0 Å². The summed E-state index contributed by atoms with van der Waals surface area (Å²) in [5, 5.41) is 11.0. The average molecular weight is 525 g/mol. The lowest BCUT2D eigenvalue weighted by atomic mass is 9.42. The quantitative estimate of drug-likeness (QED) is 0.493. The zero-order valence-electron chi connectivity index (χ0n) is 21.3. The second-order valence-corrected chi connectivity index (χ2v) is 13.5. The fourth-order valence-electron chi connectivity index (χ4n) is 9.15. The highest BCUT2D eigenvalue weighted by atomic mass is 32.2. The summed E-state index contributed by atoms with van der Waals surface area (Å²) < 4.78 is 46.7. The van der Waals surface area contributed by atoms with Crippen molar-refractivity contribution in [1.82, 2.24) is 0 Å². The van der Waals surface area contributed by atoms with Gasteiger partial charge in [-0.15, -0.1) is 0 Å². The third-order valence-electron chi connectivity index (χ3n) is 11.1. The first-order chi connectivity index (χ1) is 16.7. The Balaban J connectivity index is 1.68. The summed E-state index contributed by atoms with van der Waals surface area (Å²) in [5.74, 6) is -2.70. The molecule has 198 valence electrons. The van der Waals surface area contributed by atoms with Crippen LogP contribution in [-0.4, -0.2) is 45.7 Å². The Kier molecular flexibility index (Phi) is 5.86. The van der Waals surface area contributed by atoms with Crippen LogP contribution in [0.5, 0.6) is 0 Å². The third-order valence-corrected chi connectivity index (χ3v) is 11.8. The summed E-state index contributed by atoms with van der Waals surface area (Å²) in [7, 11) is 0. The number of carbonyl (C=O) groups is 3. The molecule has 0 bridgehead atoms. The molecule has 4 fully saturated rings. The molecular formula is C28H35F3O4S. The number of hydrogen-bond acceptors (Lipinski definition) is 5. The van der Waals surface area contributed by atoms with E-state index < -0.39 is 74.3 Å². The molecule has 0 amide bonds. The van der Waals surface area contributed by atoms with Gasteiger partial charge in [0.2, 0.25) is 5.12 Å². The van der Waals surface area contributed by atoms with Crippen LogP contribution in [0.25, 0.3) is 0 Å². The zero-order chi connectivity index (χ0) is 26.5. The summed E-state index contributed by atoms with van der Waals surface area (Å²) in [6.45, 7) is 6.94. The normalized spacial score (nSPS) is 48.8. The molecule has 5 aliphatic carbocycles. The molecule has 5 aliphatic rings. The first-order valence-corrected chi connectivity index (χ1v) is 14.0. The third kappa shape index (κ3) is 2.86. The fraction of sp³-hybridized carbons (Fsp3) is 0.750. The number of aliphatic hydroxyl groups excluding tert-OH is 1. The van der Waals surface area contributed by atoms with Crippen LogP contribution in [0.4, 0.5) is 13.2 Å². The fourth-order valence-corrected chi connectivity index (χ4v) is 10.00. The summed E-state index contributed by atoms with van der Waals surface area (Å²) in [5.41, 5.74) is -7.24. The lowest BCUT2D eigenvalue weighted by molar-refractivity contribution is -0.212. The molecule has 1 N–H and O–H groups in total. The van der Waals surface area contributed by atoms with Gasteiger partial charge in [0.1, 0.15) is 17.6 Å². The molecule has 4 nitrogen and oxygen atoms in total. The Hall–Kier alpha value is -1.41. The number of allylic oxidation sites excluding steroid dienone is 4. The molecule has 0 aromatic heterocycles. The number of ketones is 2. The van der Waals surface area contributed by atoms with E-state index in [0.29, 0.717) is 31.0 Å². The predicted molar refractivity (Wildman–Crippen MR) is 131 cm³/mol. The molecule has 0 saturated heterocycles. The molecule has 0 heterocycles. The molecule has 0 aromatic rings. The standard InChI is InChI=1S/C28H35F3O4S/c1-15-10-17-18-12-20(30)19-11-16(32)6-9-25(19,3)28(18,31)21(33)13-26(17,4)27(15,23(35)36-14-29)22(34)24(2)7-5-8-24/h6,9,11,15,17-18,20-21,33H,5,7-8,10,12-14H2,1-4H3/t15-,17+,18+,20+,21+,25+,26+,27+,28+/m1/s1. The molecular weight excluding hydrogens is 489 g/mol. The van der Waals surface area contributed by atoms with Crippen LogP contribution in [0.3, 0.4) is 0 Å². The summed E-state index contributed by atoms with van der Waals surface area (Å²) in [6.07, 6.45) is 2.58. The van der Waals surface area contributed by atoms with E-state index >= 15 is 8.78 Å². The van der Waals surface area contributed by atoms with E-state index in [2.05, 4.69) is 0 Å². The van der Waals surface area contributed by atoms with E-state index in [1.807, 2.05) is 6.92 Å². The Morgan fingerprint density at radius 1 is 1.17 bits per heavy atom. The van der Waals surface area contributed by atoms with E-state index in [-0.39, 0.29) is 24.2 Å². The molecule has 8 heteroatoms. The van der Waals surface area contributed by atoms with Gasteiger partial charge in [-0.2, -0.15) is 0 Å². The van der Waals surface area contributed by atoms with Gasteiger partial charge < -0.3 is 5.11 Å². The largest absolute Gasteiger partial charge is 0.390 e.